The highest BCUT2D eigenvalue weighted by molar-refractivity contribution is 8.11. The molecule has 0 unspecified atom stereocenters. The summed E-state index contributed by atoms with van der Waals surface area (Å²) in [5.74, 6) is -0.103. The van der Waals surface area contributed by atoms with Crippen LogP contribution in [-0.2, 0) is 25.5 Å². The zero-order chi connectivity index (χ0) is 32.0. The van der Waals surface area contributed by atoms with Crippen LogP contribution in [0.2, 0.25) is 0 Å². The van der Waals surface area contributed by atoms with Gasteiger partial charge in [-0.2, -0.15) is 0 Å². The van der Waals surface area contributed by atoms with Gasteiger partial charge in [0.25, 0.3) is 5.91 Å². The minimum atomic E-state index is -0.254. The van der Waals surface area contributed by atoms with Crippen molar-refractivity contribution in [1.82, 2.24) is 15.2 Å². The molecule has 4 aliphatic heterocycles. The Morgan fingerprint density at radius 2 is 2.09 bits per heavy atom. The third-order valence-corrected chi connectivity index (χ3v) is 8.96. The fraction of sp³-hybridized carbons (Fsp3) is 0.389. The SMILES string of the molecule is C=C(/C=C/C1CCOCC1)/C=C1/C(=O)/C=C/CCN(C(=O)CCN)CCCc2cc(ccn2)C2=CCC(=CS2)C(=O)N/C1=C/C. The minimum absolute atomic E-state index is 0.000421. The van der Waals surface area contributed by atoms with E-state index in [2.05, 4.69) is 29.0 Å². The van der Waals surface area contributed by atoms with Gasteiger partial charge in [-0.15, -0.1) is 0 Å². The van der Waals surface area contributed by atoms with E-state index in [0.29, 0.717) is 54.3 Å². The topological polar surface area (TPSA) is 115 Å². The molecule has 1 aromatic heterocycles. The van der Waals surface area contributed by atoms with Crippen molar-refractivity contribution >= 4 is 34.3 Å². The van der Waals surface area contributed by atoms with Gasteiger partial charge in [-0.05, 0) is 92.2 Å². The summed E-state index contributed by atoms with van der Waals surface area (Å²) in [6, 6.07) is 4.05. The number of fused-ring (bicyclic) bond motifs is 13. The number of allylic oxidation sites excluding steroid dienone is 8. The van der Waals surface area contributed by atoms with Gasteiger partial charge < -0.3 is 20.7 Å². The van der Waals surface area contributed by atoms with Crippen molar-refractivity contribution in [2.45, 2.75) is 51.9 Å². The number of hydrogen-bond acceptors (Lipinski definition) is 7. The number of amides is 2. The summed E-state index contributed by atoms with van der Waals surface area (Å²) < 4.78 is 5.46. The molecule has 0 aliphatic carbocycles. The van der Waals surface area contributed by atoms with Crippen LogP contribution < -0.4 is 11.1 Å². The third kappa shape index (κ3) is 10.4. The normalized spacial score (nSPS) is 21.9. The molecule has 0 atom stereocenters. The number of thioether (sulfide) groups is 1. The van der Waals surface area contributed by atoms with E-state index in [0.717, 1.165) is 55.1 Å². The standard InChI is InChI=1S/C36H44N4O4S/c1-3-32-31(23-26(2)9-10-27-15-21-44-22-16-27)33(41)8-4-5-19-40(35(42)13-17-37)20-6-7-30-24-28(14-18-38-30)34-12-11-29(25-45-34)36(43)39-32/h3-4,8-10,12,14,18,23-25,27H,2,5-7,11,13,15-17,19-22,37H2,1H3,(H,39,43)/b8-4+,10-9+,31-23+,32-3+. The minimum Gasteiger partial charge on any atom is -0.381 e. The number of nitrogens with one attached hydrogen (secondary N) is 1. The Hall–Kier alpha value is -3.79. The van der Waals surface area contributed by atoms with E-state index in [-0.39, 0.29) is 30.6 Å². The summed E-state index contributed by atoms with van der Waals surface area (Å²) >= 11 is 1.50. The predicted molar refractivity (Wildman–Crippen MR) is 182 cm³/mol. The Morgan fingerprint density at radius 3 is 2.82 bits per heavy atom. The largest absolute Gasteiger partial charge is 0.381 e. The fourth-order valence-corrected chi connectivity index (χ4v) is 6.23. The molecule has 1 aromatic rings. The molecule has 9 heteroatoms. The first kappa shape index (κ1) is 34.1. The van der Waals surface area contributed by atoms with Crippen molar-refractivity contribution in [3.8, 4) is 0 Å². The highest BCUT2D eigenvalue weighted by Gasteiger charge is 2.20. The lowest BCUT2D eigenvalue weighted by Gasteiger charge is -2.22. The van der Waals surface area contributed by atoms with Gasteiger partial charge in [0.1, 0.15) is 0 Å². The van der Waals surface area contributed by atoms with E-state index in [4.69, 9.17) is 10.5 Å². The number of carbonyl (C=O) groups excluding carboxylic acids is 3. The van der Waals surface area contributed by atoms with Crippen LogP contribution in [0.3, 0.4) is 0 Å². The molecule has 4 aliphatic rings. The summed E-state index contributed by atoms with van der Waals surface area (Å²) in [4.78, 5) is 47.2. The number of aryl methyl sites for hydroxylation is 1. The molecular weight excluding hydrogens is 584 g/mol. The van der Waals surface area contributed by atoms with E-state index in [9.17, 15) is 14.4 Å². The predicted octanol–water partition coefficient (Wildman–Crippen LogP) is 5.57. The second-order valence-corrected chi connectivity index (χ2v) is 12.2. The number of aromatic nitrogens is 1. The second-order valence-electron chi connectivity index (χ2n) is 11.2. The van der Waals surface area contributed by atoms with Crippen LogP contribution >= 0.6 is 11.8 Å². The summed E-state index contributed by atoms with van der Waals surface area (Å²) in [6.45, 7) is 8.79. The quantitative estimate of drug-likeness (QED) is 0.324. The van der Waals surface area contributed by atoms with E-state index in [1.807, 2.05) is 34.7 Å². The molecule has 0 spiro atoms. The molecular formula is C36H44N4O4S. The lowest BCUT2D eigenvalue weighted by molar-refractivity contribution is -0.131. The molecule has 5 rings (SSSR count). The maximum atomic E-state index is 13.6. The molecule has 238 valence electrons. The van der Waals surface area contributed by atoms with Crippen LogP contribution in [0, 0.1) is 5.92 Å². The van der Waals surface area contributed by atoms with Gasteiger partial charge in [0.2, 0.25) is 5.91 Å². The number of rotatable bonds is 5. The average molecular weight is 629 g/mol. The van der Waals surface area contributed by atoms with E-state index in [1.165, 1.54) is 17.8 Å². The number of carbonyl (C=O) groups is 3. The average Bonchev–Trinajstić information content (AvgIpc) is 3.06. The molecule has 2 amide bonds. The second kappa shape index (κ2) is 17.6. The van der Waals surface area contributed by atoms with Gasteiger partial charge in [0.15, 0.2) is 5.78 Å². The Morgan fingerprint density at radius 1 is 1.27 bits per heavy atom. The smallest absolute Gasteiger partial charge is 0.252 e. The van der Waals surface area contributed by atoms with Crippen molar-refractivity contribution in [2.24, 2.45) is 11.7 Å². The van der Waals surface area contributed by atoms with Crippen molar-refractivity contribution in [3.63, 3.8) is 0 Å². The van der Waals surface area contributed by atoms with Gasteiger partial charge in [-0.1, -0.05) is 48.7 Å². The molecule has 5 heterocycles. The van der Waals surface area contributed by atoms with Crippen molar-refractivity contribution in [1.29, 1.82) is 0 Å². The van der Waals surface area contributed by atoms with Crippen LogP contribution in [0.5, 0.6) is 0 Å². The Labute approximate surface area is 270 Å². The summed E-state index contributed by atoms with van der Waals surface area (Å²) in [7, 11) is 0. The van der Waals surface area contributed by atoms with Gasteiger partial charge in [0.05, 0.1) is 0 Å². The maximum Gasteiger partial charge on any atom is 0.252 e. The third-order valence-electron chi connectivity index (χ3n) is 7.91. The fourth-order valence-electron chi connectivity index (χ4n) is 5.32. The molecule has 0 radical (unpaired) electrons. The number of ketones is 1. The highest BCUT2D eigenvalue weighted by Crippen LogP contribution is 2.35. The Bertz CT molecular complexity index is 1450. The van der Waals surface area contributed by atoms with Crippen LogP contribution in [0.15, 0.2) is 95.3 Å². The summed E-state index contributed by atoms with van der Waals surface area (Å²) in [5.41, 5.74) is 9.74. The van der Waals surface area contributed by atoms with Gasteiger partial charge in [0, 0.05) is 72.9 Å². The number of nitrogens with zero attached hydrogens (tertiary/aromatic N) is 2. The van der Waals surface area contributed by atoms with E-state index < -0.39 is 0 Å². The van der Waals surface area contributed by atoms with Crippen LogP contribution in [0.4, 0.5) is 0 Å². The molecule has 0 saturated carbocycles. The Balaban J connectivity index is 1.61. The van der Waals surface area contributed by atoms with Gasteiger partial charge >= 0.3 is 0 Å². The zero-order valence-corrected chi connectivity index (χ0v) is 27.0. The van der Waals surface area contributed by atoms with Gasteiger partial charge in [-0.25, -0.2) is 0 Å². The molecule has 1 saturated heterocycles. The van der Waals surface area contributed by atoms with Crippen LogP contribution in [0.25, 0.3) is 4.91 Å². The van der Waals surface area contributed by atoms with Crippen LogP contribution in [-0.4, -0.2) is 60.3 Å². The van der Waals surface area contributed by atoms with Crippen LogP contribution in [0.1, 0.15) is 56.7 Å². The molecule has 1 fully saturated rings. The van der Waals surface area contributed by atoms with E-state index >= 15 is 0 Å². The molecule has 0 aromatic carbocycles. The van der Waals surface area contributed by atoms with E-state index in [1.54, 1.807) is 25.2 Å². The molecule has 45 heavy (non-hydrogen) atoms. The summed E-state index contributed by atoms with van der Waals surface area (Å²) in [6.07, 6.45) is 19.3. The summed E-state index contributed by atoms with van der Waals surface area (Å²) in [5, 5.41) is 4.85. The first-order chi connectivity index (χ1) is 21.9. The lowest BCUT2D eigenvalue weighted by Crippen LogP contribution is -2.34. The molecule has 8 nitrogen and oxygen atoms in total. The number of hydrogen-bond donors (Lipinski definition) is 2. The highest BCUT2D eigenvalue weighted by atomic mass is 32.2. The first-order valence-corrected chi connectivity index (χ1v) is 16.6. The first-order valence-electron chi connectivity index (χ1n) is 15.7. The van der Waals surface area contributed by atoms with Gasteiger partial charge in [-0.3, -0.25) is 19.4 Å². The number of ether oxygens (including phenoxy) is 1. The number of pyridine rings is 1. The van der Waals surface area contributed by atoms with Crippen molar-refractivity contribution in [2.75, 3.05) is 32.8 Å². The maximum absolute atomic E-state index is 13.6. The molecule has 4 bridgehead atoms. The Kier molecular flexibility index (Phi) is 13.4. The lowest BCUT2D eigenvalue weighted by atomic mass is 9.98. The number of nitrogens with two attached hydrogens (primary N) is 1. The molecule has 3 N–H and O–H groups in total. The zero-order valence-electron chi connectivity index (χ0n) is 26.1. The monoisotopic (exact) mass is 628 g/mol. The van der Waals surface area contributed by atoms with Crippen molar-refractivity contribution in [3.05, 3.63) is 107 Å². The van der Waals surface area contributed by atoms with Crippen molar-refractivity contribution < 1.29 is 19.1 Å².